The van der Waals surface area contributed by atoms with Crippen LogP contribution in [0.1, 0.15) is 18.0 Å². The van der Waals surface area contributed by atoms with Crippen molar-refractivity contribution < 1.29 is 13.2 Å². The molecule has 0 aliphatic heterocycles. The molecule has 4 N–H and O–H groups in total. The first kappa shape index (κ1) is 10.8. The van der Waals surface area contributed by atoms with E-state index in [4.69, 9.17) is 11.5 Å². The van der Waals surface area contributed by atoms with Crippen LogP contribution in [0.5, 0.6) is 0 Å². The molecule has 1 unspecified atom stereocenters. The predicted molar refractivity (Wildman–Crippen MR) is 46.2 cm³/mol. The molecule has 0 saturated carbocycles. The summed E-state index contributed by atoms with van der Waals surface area (Å²) in [5, 5.41) is 0. The number of nitrogens with two attached hydrogens (primary N) is 2. The van der Waals surface area contributed by atoms with Crippen molar-refractivity contribution in [1.82, 2.24) is 4.98 Å². The number of nitrogen functional groups attached to an aromatic ring is 1. The Morgan fingerprint density at radius 3 is 2.57 bits per heavy atom. The zero-order chi connectivity index (χ0) is 10.8. The molecule has 0 aliphatic rings. The summed E-state index contributed by atoms with van der Waals surface area (Å²) in [6.07, 6.45) is -3.99. The molecule has 78 valence electrons. The molecule has 1 atom stereocenters. The molecule has 0 aromatic carbocycles. The van der Waals surface area contributed by atoms with Crippen LogP contribution in [-0.2, 0) is 0 Å². The van der Waals surface area contributed by atoms with Crippen molar-refractivity contribution in [3.8, 4) is 0 Å². The minimum Gasteiger partial charge on any atom is -0.384 e. The maximum absolute atomic E-state index is 12.0. The van der Waals surface area contributed by atoms with E-state index in [1.54, 1.807) is 0 Å². The van der Waals surface area contributed by atoms with Gasteiger partial charge >= 0.3 is 6.18 Å². The molecular formula is C8H10F3N3. The maximum atomic E-state index is 12.0. The molecule has 0 spiro atoms. The standard InChI is InChI=1S/C8H10F3N3/c9-8(10,11)4-6(12)5-1-2-14-7(13)3-5/h1-3,6H,4,12H2,(H2,13,14). The molecule has 0 aliphatic carbocycles. The Kier molecular flexibility index (Phi) is 2.95. The van der Waals surface area contributed by atoms with Crippen molar-refractivity contribution in [2.24, 2.45) is 5.73 Å². The van der Waals surface area contributed by atoms with E-state index in [0.29, 0.717) is 5.56 Å². The second-order valence-electron chi connectivity index (χ2n) is 2.94. The fraction of sp³-hybridized carbons (Fsp3) is 0.375. The third-order valence-corrected chi connectivity index (χ3v) is 1.68. The Morgan fingerprint density at radius 1 is 1.43 bits per heavy atom. The van der Waals surface area contributed by atoms with Gasteiger partial charge in [0, 0.05) is 12.2 Å². The third-order valence-electron chi connectivity index (χ3n) is 1.68. The van der Waals surface area contributed by atoms with Gasteiger partial charge in [0.1, 0.15) is 5.82 Å². The molecule has 0 saturated heterocycles. The molecule has 6 heteroatoms. The molecule has 0 fully saturated rings. The quantitative estimate of drug-likeness (QED) is 0.770. The van der Waals surface area contributed by atoms with Crippen molar-refractivity contribution in [2.45, 2.75) is 18.6 Å². The Labute approximate surface area is 78.9 Å². The molecule has 1 aromatic rings. The van der Waals surface area contributed by atoms with Crippen LogP contribution in [0, 0.1) is 0 Å². The van der Waals surface area contributed by atoms with Gasteiger partial charge in [-0.1, -0.05) is 0 Å². The van der Waals surface area contributed by atoms with Gasteiger partial charge < -0.3 is 11.5 Å². The normalized spacial score (nSPS) is 14.0. The Hall–Kier alpha value is -1.30. The van der Waals surface area contributed by atoms with Gasteiger partial charge in [-0.2, -0.15) is 13.2 Å². The molecule has 1 rings (SSSR count). The number of alkyl halides is 3. The molecule has 1 aromatic heterocycles. The van der Waals surface area contributed by atoms with Gasteiger partial charge in [-0.3, -0.25) is 0 Å². The first-order valence-corrected chi connectivity index (χ1v) is 3.92. The fourth-order valence-corrected chi connectivity index (χ4v) is 1.06. The van der Waals surface area contributed by atoms with E-state index >= 15 is 0 Å². The summed E-state index contributed by atoms with van der Waals surface area (Å²) in [5.41, 5.74) is 11.0. The SMILES string of the molecule is Nc1cc(C(N)CC(F)(F)F)ccn1. The molecular weight excluding hydrogens is 195 g/mol. The summed E-state index contributed by atoms with van der Waals surface area (Å²) in [5.74, 6) is 0.167. The van der Waals surface area contributed by atoms with Crippen LogP contribution in [0.2, 0.25) is 0 Å². The number of hydrogen-bond acceptors (Lipinski definition) is 3. The summed E-state index contributed by atoms with van der Waals surface area (Å²) in [6.45, 7) is 0. The molecule has 0 radical (unpaired) electrons. The highest BCUT2D eigenvalue weighted by molar-refractivity contribution is 5.33. The average molecular weight is 205 g/mol. The van der Waals surface area contributed by atoms with E-state index in [9.17, 15) is 13.2 Å². The Morgan fingerprint density at radius 2 is 2.07 bits per heavy atom. The Bertz CT molecular complexity index is 311. The highest BCUT2D eigenvalue weighted by atomic mass is 19.4. The summed E-state index contributed by atoms with van der Waals surface area (Å²) in [7, 11) is 0. The lowest BCUT2D eigenvalue weighted by molar-refractivity contribution is -0.138. The number of nitrogens with zero attached hydrogens (tertiary/aromatic N) is 1. The zero-order valence-electron chi connectivity index (χ0n) is 7.25. The van der Waals surface area contributed by atoms with Crippen molar-refractivity contribution >= 4 is 5.82 Å². The highest BCUT2D eigenvalue weighted by Crippen LogP contribution is 2.27. The first-order valence-electron chi connectivity index (χ1n) is 3.92. The van der Waals surface area contributed by atoms with Crippen molar-refractivity contribution in [1.29, 1.82) is 0 Å². The van der Waals surface area contributed by atoms with Crippen LogP contribution >= 0.6 is 0 Å². The number of halogens is 3. The number of rotatable bonds is 2. The van der Waals surface area contributed by atoms with Crippen LogP contribution in [0.25, 0.3) is 0 Å². The largest absolute Gasteiger partial charge is 0.390 e. The number of aromatic nitrogens is 1. The maximum Gasteiger partial charge on any atom is 0.390 e. The smallest absolute Gasteiger partial charge is 0.384 e. The van der Waals surface area contributed by atoms with Crippen LogP contribution in [-0.4, -0.2) is 11.2 Å². The van der Waals surface area contributed by atoms with Gasteiger partial charge in [0.15, 0.2) is 0 Å². The van der Waals surface area contributed by atoms with Crippen molar-refractivity contribution in [2.75, 3.05) is 5.73 Å². The van der Waals surface area contributed by atoms with Gasteiger partial charge in [-0.25, -0.2) is 4.98 Å². The molecule has 3 nitrogen and oxygen atoms in total. The van der Waals surface area contributed by atoms with Crippen molar-refractivity contribution in [3.63, 3.8) is 0 Å². The summed E-state index contributed by atoms with van der Waals surface area (Å²) >= 11 is 0. The topological polar surface area (TPSA) is 64.9 Å². The van der Waals surface area contributed by atoms with Crippen LogP contribution < -0.4 is 11.5 Å². The van der Waals surface area contributed by atoms with Gasteiger partial charge in [0.2, 0.25) is 0 Å². The highest BCUT2D eigenvalue weighted by Gasteiger charge is 2.30. The fourth-order valence-electron chi connectivity index (χ4n) is 1.06. The monoisotopic (exact) mass is 205 g/mol. The van der Waals surface area contributed by atoms with Gasteiger partial charge in [0.05, 0.1) is 6.42 Å². The summed E-state index contributed by atoms with van der Waals surface area (Å²) < 4.78 is 35.9. The number of pyridine rings is 1. The summed E-state index contributed by atoms with van der Waals surface area (Å²) in [4.78, 5) is 3.66. The van der Waals surface area contributed by atoms with Gasteiger partial charge in [-0.05, 0) is 17.7 Å². The van der Waals surface area contributed by atoms with Crippen LogP contribution in [0.4, 0.5) is 19.0 Å². The van der Waals surface area contributed by atoms with E-state index in [0.717, 1.165) is 0 Å². The van der Waals surface area contributed by atoms with Crippen LogP contribution in [0.15, 0.2) is 18.3 Å². The van der Waals surface area contributed by atoms with Crippen molar-refractivity contribution in [3.05, 3.63) is 23.9 Å². The van der Waals surface area contributed by atoms with E-state index in [2.05, 4.69) is 4.98 Å². The minimum absolute atomic E-state index is 0.167. The lowest BCUT2D eigenvalue weighted by atomic mass is 10.1. The molecule has 1 heterocycles. The Balaban J connectivity index is 2.74. The van der Waals surface area contributed by atoms with E-state index < -0.39 is 18.6 Å². The molecule has 14 heavy (non-hydrogen) atoms. The van der Waals surface area contributed by atoms with Crippen LogP contribution in [0.3, 0.4) is 0 Å². The van der Waals surface area contributed by atoms with E-state index in [1.165, 1.54) is 18.3 Å². The predicted octanol–water partition coefficient (Wildman–Crippen LogP) is 1.62. The minimum atomic E-state index is -4.27. The first-order chi connectivity index (χ1) is 6.38. The second kappa shape index (κ2) is 3.83. The average Bonchev–Trinajstić information content (AvgIpc) is 2.01. The number of anilines is 1. The number of hydrogen-bond donors (Lipinski definition) is 2. The van der Waals surface area contributed by atoms with Gasteiger partial charge in [-0.15, -0.1) is 0 Å². The van der Waals surface area contributed by atoms with E-state index in [-0.39, 0.29) is 5.82 Å². The summed E-state index contributed by atoms with van der Waals surface area (Å²) in [6, 6.07) is 1.68. The third kappa shape index (κ3) is 3.21. The molecule has 0 bridgehead atoms. The van der Waals surface area contributed by atoms with E-state index in [1.807, 2.05) is 0 Å². The second-order valence-corrected chi connectivity index (χ2v) is 2.94. The lowest BCUT2D eigenvalue weighted by Crippen LogP contribution is -2.20. The zero-order valence-corrected chi connectivity index (χ0v) is 7.25. The lowest BCUT2D eigenvalue weighted by Gasteiger charge is -2.14. The van der Waals surface area contributed by atoms with Gasteiger partial charge in [0.25, 0.3) is 0 Å². The molecule has 0 amide bonds.